The number of carbonyl (C=O) groups is 1. The van der Waals surface area contributed by atoms with Crippen molar-refractivity contribution in [3.8, 4) is 11.4 Å². The Bertz CT molecular complexity index is 1400. The largest absolute Gasteiger partial charge is 0.461 e. The molecule has 1 heterocycles. The summed E-state index contributed by atoms with van der Waals surface area (Å²) in [5.74, 6) is -3.71. The molecule has 0 amide bonds. The first kappa shape index (κ1) is 24.9. The Morgan fingerprint density at radius 1 is 1.09 bits per heavy atom. The van der Waals surface area contributed by atoms with E-state index in [4.69, 9.17) is 8.92 Å². The minimum atomic E-state index is -5.18. The average Bonchev–Trinajstić information content (AvgIpc) is 2.74. The van der Waals surface area contributed by atoms with Gasteiger partial charge in [0.25, 0.3) is 5.56 Å². The van der Waals surface area contributed by atoms with Crippen LogP contribution >= 0.6 is 0 Å². The molecule has 0 spiro atoms. The number of hydrogen-bond donors (Lipinski definition) is 0. The third-order valence-corrected chi connectivity index (χ3v) is 5.61. The smallest absolute Gasteiger partial charge is 0.419 e. The number of hydrogen-bond acceptors (Lipinski definition) is 7. The minimum Gasteiger partial charge on any atom is -0.461 e. The van der Waals surface area contributed by atoms with E-state index in [9.17, 15) is 35.6 Å². The van der Waals surface area contributed by atoms with E-state index in [1.807, 2.05) is 0 Å². The lowest BCUT2D eigenvalue weighted by atomic mass is 10.2. The summed E-state index contributed by atoms with van der Waals surface area (Å²) in [6.45, 7) is 3.12. The number of halogens is 4. The van der Waals surface area contributed by atoms with Crippen molar-refractivity contribution < 1.29 is 39.7 Å². The molecule has 0 aliphatic rings. The molecule has 0 aliphatic heterocycles. The molecule has 13 heteroatoms. The van der Waals surface area contributed by atoms with E-state index in [0.717, 1.165) is 10.2 Å². The van der Waals surface area contributed by atoms with Gasteiger partial charge in [-0.3, -0.25) is 4.79 Å². The van der Waals surface area contributed by atoms with Crippen molar-refractivity contribution in [1.82, 2.24) is 9.78 Å². The molecule has 0 fully saturated rings. The summed E-state index contributed by atoms with van der Waals surface area (Å²) in [6.07, 6.45) is -5.18. The Morgan fingerprint density at radius 3 is 2.32 bits per heavy atom. The maximum absolute atomic E-state index is 13.5. The zero-order valence-corrected chi connectivity index (χ0v) is 18.4. The number of nitrogens with zero attached hydrogens (tertiary/aromatic N) is 2. The molecule has 0 saturated heterocycles. The van der Waals surface area contributed by atoms with E-state index in [1.165, 1.54) is 19.1 Å². The van der Waals surface area contributed by atoms with Crippen LogP contribution in [0.2, 0.25) is 0 Å². The number of alkyl halides is 3. The van der Waals surface area contributed by atoms with Crippen molar-refractivity contribution in [2.24, 2.45) is 0 Å². The maximum atomic E-state index is 13.5. The van der Waals surface area contributed by atoms with Crippen LogP contribution in [0.3, 0.4) is 0 Å². The van der Waals surface area contributed by atoms with Crippen molar-refractivity contribution in [3.63, 3.8) is 0 Å². The second-order valence-corrected chi connectivity index (χ2v) is 8.39. The fourth-order valence-corrected chi connectivity index (χ4v) is 3.72. The van der Waals surface area contributed by atoms with E-state index >= 15 is 0 Å². The van der Waals surface area contributed by atoms with Crippen LogP contribution in [0.1, 0.15) is 28.5 Å². The summed E-state index contributed by atoms with van der Waals surface area (Å²) >= 11 is 0. The van der Waals surface area contributed by atoms with Crippen LogP contribution < -0.4 is 9.74 Å². The molecular formula is C21H16F4N2O6S. The maximum Gasteiger partial charge on any atom is 0.419 e. The molecule has 8 nitrogen and oxygen atoms in total. The molecule has 3 aromatic rings. The summed E-state index contributed by atoms with van der Waals surface area (Å²) in [6, 6.07) is 7.88. The lowest BCUT2D eigenvalue weighted by Gasteiger charge is -2.14. The van der Waals surface area contributed by atoms with Crippen molar-refractivity contribution in [1.29, 1.82) is 0 Å². The number of aryl methyl sites for hydroxylation is 1. The fraction of sp³-hybridized carbons (Fsp3) is 0.190. The molecule has 34 heavy (non-hydrogen) atoms. The second-order valence-electron chi connectivity index (χ2n) is 6.84. The van der Waals surface area contributed by atoms with Crippen LogP contribution in [0, 0.1) is 12.7 Å². The first-order valence-electron chi connectivity index (χ1n) is 9.53. The molecule has 180 valence electrons. The highest BCUT2D eigenvalue weighted by molar-refractivity contribution is 7.87. The Hall–Kier alpha value is -3.74. The van der Waals surface area contributed by atoms with E-state index in [2.05, 4.69) is 5.10 Å². The molecule has 0 saturated carbocycles. The first-order valence-corrected chi connectivity index (χ1v) is 10.9. The van der Waals surface area contributed by atoms with Crippen LogP contribution in [-0.2, 0) is 21.0 Å². The Morgan fingerprint density at radius 2 is 1.74 bits per heavy atom. The Kier molecular flexibility index (Phi) is 6.77. The Balaban J connectivity index is 2.12. The molecule has 1 aromatic heterocycles. The number of carbonyl (C=O) groups excluding carboxylic acids is 1. The fourth-order valence-electron chi connectivity index (χ4n) is 2.76. The second kappa shape index (κ2) is 9.25. The summed E-state index contributed by atoms with van der Waals surface area (Å²) in [7, 11) is -5.05. The zero-order valence-electron chi connectivity index (χ0n) is 17.6. The van der Waals surface area contributed by atoms with Gasteiger partial charge >= 0.3 is 22.3 Å². The van der Waals surface area contributed by atoms with Gasteiger partial charge in [-0.25, -0.2) is 9.18 Å². The lowest BCUT2D eigenvalue weighted by Crippen LogP contribution is -2.26. The van der Waals surface area contributed by atoms with Crippen molar-refractivity contribution in [3.05, 3.63) is 81.5 Å². The van der Waals surface area contributed by atoms with Gasteiger partial charge < -0.3 is 8.92 Å². The van der Waals surface area contributed by atoms with E-state index < -0.39 is 55.5 Å². The summed E-state index contributed by atoms with van der Waals surface area (Å²) in [5.41, 5.74) is -2.36. The molecule has 0 radical (unpaired) electrons. The van der Waals surface area contributed by atoms with Crippen LogP contribution in [0.15, 0.2) is 58.2 Å². The third-order valence-electron chi connectivity index (χ3n) is 4.38. The number of rotatable bonds is 6. The highest BCUT2D eigenvalue weighted by Crippen LogP contribution is 2.33. The van der Waals surface area contributed by atoms with E-state index in [0.29, 0.717) is 18.2 Å². The van der Waals surface area contributed by atoms with Crippen molar-refractivity contribution in [2.45, 2.75) is 24.9 Å². The average molecular weight is 500 g/mol. The quantitative estimate of drug-likeness (QED) is 0.289. The van der Waals surface area contributed by atoms with Crippen molar-refractivity contribution >= 4 is 16.1 Å². The minimum absolute atomic E-state index is 0.0374. The Labute approximate surface area is 190 Å². The van der Waals surface area contributed by atoms with Gasteiger partial charge in [0.1, 0.15) is 10.7 Å². The van der Waals surface area contributed by atoms with E-state index in [-0.39, 0.29) is 18.4 Å². The summed E-state index contributed by atoms with van der Waals surface area (Å²) in [5, 5.41) is 3.84. The van der Waals surface area contributed by atoms with Gasteiger partial charge in [-0.2, -0.15) is 31.4 Å². The third kappa shape index (κ3) is 5.25. The summed E-state index contributed by atoms with van der Waals surface area (Å²) < 4.78 is 88.2. The van der Waals surface area contributed by atoms with Gasteiger partial charge in [-0.15, -0.1) is 0 Å². The number of aromatic nitrogens is 2. The predicted octanol–water partition coefficient (Wildman–Crippen LogP) is 3.64. The normalized spacial score (nSPS) is 11.8. The molecule has 2 aromatic carbocycles. The van der Waals surface area contributed by atoms with Gasteiger partial charge in [0.2, 0.25) is 5.69 Å². The van der Waals surface area contributed by atoms with Gasteiger partial charge in [-0.05, 0) is 44.2 Å². The van der Waals surface area contributed by atoms with Gasteiger partial charge in [0, 0.05) is 0 Å². The molecule has 0 atom stereocenters. The van der Waals surface area contributed by atoms with Gasteiger partial charge in [-0.1, -0.05) is 17.7 Å². The standard InChI is InChI=1S/C21H16F4N2O6S/c1-3-32-20(29)19-17(11-18(28)27(26-19)13-6-4-12(2)5-7-13)33-34(30,31)14-8-9-16(22)15(10-14)21(23,24)25/h4-11H,3H2,1-2H3. The van der Waals surface area contributed by atoms with E-state index in [1.54, 1.807) is 19.1 Å². The van der Waals surface area contributed by atoms with Gasteiger partial charge in [0.15, 0.2) is 5.75 Å². The van der Waals surface area contributed by atoms with Crippen molar-refractivity contribution in [2.75, 3.05) is 6.61 Å². The van der Waals surface area contributed by atoms with Gasteiger partial charge in [0.05, 0.1) is 23.9 Å². The van der Waals surface area contributed by atoms with Crippen LogP contribution in [-0.4, -0.2) is 30.8 Å². The molecule has 0 unspecified atom stereocenters. The SMILES string of the molecule is CCOC(=O)c1nn(-c2ccc(C)cc2)c(=O)cc1OS(=O)(=O)c1ccc(F)c(C(F)(F)F)c1. The molecule has 0 bridgehead atoms. The number of ether oxygens (including phenoxy) is 1. The number of benzene rings is 2. The molecule has 0 aliphatic carbocycles. The zero-order chi connectivity index (χ0) is 25.3. The highest BCUT2D eigenvalue weighted by Gasteiger charge is 2.36. The number of esters is 1. The van der Waals surface area contributed by atoms with Crippen LogP contribution in [0.5, 0.6) is 5.75 Å². The molecule has 3 rings (SSSR count). The predicted molar refractivity (Wildman–Crippen MR) is 110 cm³/mol. The molecular weight excluding hydrogens is 484 g/mol. The monoisotopic (exact) mass is 500 g/mol. The first-order chi connectivity index (χ1) is 15.8. The van der Waals surface area contributed by atoms with Crippen LogP contribution in [0.4, 0.5) is 17.6 Å². The molecule has 0 N–H and O–H groups in total. The summed E-state index contributed by atoms with van der Waals surface area (Å²) in [4.78, 5) is 23.9. The topological polar surface area (TPSA) is 105 Å². The highest BCUT2D eigenvalue weighted by atomic mass is 32.2. The van der Waals surface area contributed by atoms with Crippen LogP contribution in [0.25, 0.3) is 5.69 Å². The lowest BCUT2D eigenvalue weighted by molar-refractivity contribution is -0.140.